The number of phenols is 2. The van der Waals surface area contributed by atoms with Crippen molar-refractivity contribution in [3.63, 3.8) is 0 Å². The van der Waals surface area contributed by atoms with Crippen molar-refractivity contribution < 1.29 is 14.9 Å². The van der Waals surface area contributed by atoms with Gasteiger partial charge in [0.2, 0.25) is 0 Å². The van der Waals surface area contributed by atoms with Gasteiger partial charge in [0.1, 0.15) is 17.6 Å². The fourth-order valence-corrected chi connectivity index (χ4v) is 3.51. The second-order valence-corrected chi connectivity index (χ2v) is 8.06. The molecule has 1 atom stereocenters. The van der Waals surface area contributed by atoms with E-state index in [9.17, 15) is 10.2 Å². The van der Waals surface area contributed by atoms with Crippen molar-refractivity contribution in [1.29, 1.82) is 0 Å². The Kier molecular flexibility index (Phi) is 7.09. The number of hydrogen-bond acceptors (Lipinski definition) is 7. The highest BCUT2D eigenvalue weighted by atomic mass is 16.5. The van der Waals surface area contributed by atoms with Crippen LogP contribution in [0.3, 0.4) is 0 Å². The van der Waals surface area contributed by atoms with Crippen LogP contribution in [0.25, 0.3) is 0 Å². The minimum absolute atomic E-state index is 0.191. The van der Waals surface area contributed by atoms with Crippen molar-refractivity contribution in [2.45, 2.75) is 32.2 Å². The van der Waals surface area contributed by atoms with Gasteiger partial charge in [0.15, 0.2) is 11.5 Å². The van der Waals surface area contributed by atoms with Crippen molar-refractivity contribution in [3.8, 4) is 17.2 Å². The molecular weight excluding hydrogens is 392 g/mol. The minimum Gasteiger partial charge on any atom is -0.504 e. The summed E-state index contributed by atoms with van der Waals surface area (Å²) in [5.41, 5.74) is 9.81. The van der Waals surface area contributed by atoms with Crippen LogP contribution < -0.4 is 16.3 Å². The van der Waals surface area contributed by atoms with Crippen LogP contribution in [-0.4, -0.2) is 40.8 Å². The predicted octanol–water partition coefficient (Wildman–Crippen LogP) is 3.15. The van der Waals surface area contributed by atoms with Crippen molar-refractivity contribution in [2.75, 3.05) is 20.6 Å². The molecule has 0 saturated carbocycles. The summed E-state index contributed by atoms with van der Waals surface area (Å²) in [4.78, 5) is 2.05. The van der Waals surface area contributed by atoms with E-state index in [2.05, 4.69) is 25.1 Å². The van der Waals surface area contributed by atoms with Gasteiger partial charge in [-0.05, 0) is 67.9 Å². The molecule has 1 aliphatic rings. The maximum Gasteiger partial charge on any atom is 0.157 e. The number of aryl methyl sites for hydroxylation is 1. The van der Waals surface area contributed by atoms with Crippen LogP contribution in [0.4, 0.5) is 0 Å². The molecule has 7 nitrogen and oxygen atoms in total. The van der Waals surface area contributed by atoms with E-state index in [4.69, 9.17) is 16.3 Å². The van der Waals surface area contributed by atoms with Gasteiger partial charge in [0, 0.05) is 24.9 Å². The Bertz CT molecular complexity index is 985. The third-order valence-electron chi connectivity index (χ3n) is 5.34. The van der Waals surface area contributed by atoms with Gasteiger partial charge < -0.3 is 30.6 Å². The highest BCUT2D eigenvalue weighted by Gasteiger charge is 2.27. The van der Waals surface area contributed by atoms with Crippen LogP contribution >= 0.6 is 0 Å². The molecule has 0 saturated heterocycles. The third-order valence-corrected chi connectivity index (χ3v) is 5.34. The van der Waals surface area contributed by atoms with Gasteiger partial charge in [-0.15, -0.1) is 0 Å². The first-order chi connectivity index (χ1) is 14.8. The summed E-state index contributed by atoms with van der Waals surface area (Å²) < 4.78 is 6.28. The summed E-state index contributed by atoms with van der Waals surface area (Å²) in [5, 5.41) is 21.3. The lowest BCUT2D eigenvalue weighted by atomic mass is 9.98. The Morgan fingerprint density at radius 1 is 1.16 bits per heavy atom. The van der Waals surface area contributed by atoms with Crippen molar-refractivity contribution in [3.05, 3.63) is 76.8 Å². The van der Waals surface area contributed by atoms with Gasteiger partial charge in [0.25, 0.3) is 0 Å². The molecule has 6 N–H and O–H groups in total. The van der Waals surface area contributed by atoms with Crippen LogP contribution in [-0.2, 0) is 12.8 Å². The third kappa shape index (κ3) is 5.51. The maximum absolute atomic E-state index is 10.1. The van der Waals surface area contributed by atoms with E-state index in [0.717, 1.165) is 24.3 Å². The molecule has 0 fully saturated rings. The van der Waals surface area contributed by atoms with Crippen molar-refractivity contribution in [1.82, 2.24) is 9.91 Å². The summed E-state index contributed by atoms with van der Waals surface area (Å²) in [6.07, 6.45) is 5.98. The van der Waals surface area contributed by atoms with E-state index in [1.54, 1.807) is 12.3 Å². The van der Waals surface area contributed by atoms with Crippen LogP contribution in [0.15, 0.2) is 60.1 Å². The molecule has 0 spiro atoms. The smallest absolute Gasteiger partial charge is 0.157 e. The van der Waals surface area contributed by atoms with Crippen LogP contribution in [0.2, 0.25) is 0 Å². The monoisotopic (exact) mass is 424 g/mol. The van der Waals surface area contributed by atoms with Gasteiger partial charge in [0.05, 0.1) is 0 Å². The highest BCUT2D eigenvalue weighted by Crippen LogP contribution is 2.37. The van der Waals surface area contributed by atoms with E-state index >= 15 is 0 Å². The number of aromatic hydroxyl groups is 2. The summed E-state index contributed by atoms with van der Waals surface area (Å²) in [5.74, 6) is 7.49. The van der Waals surface area contributed by atoms with Gasteiger partial charge in [-0.25, -0.2) is 5.84 Å². The largest absolute Gasteiger partial charge is 0.504 e. The standard InChI is InChI=1S/C24H32N4O3/c1-4-16-5-6-17-8-10-22(31-23(17)13-16)24(18-7-9-20(29)21(30)14-18)28(26)15-19(25)11-12-27(2)3/h5-7,9-10,13-15,24,29-30H,4,8,11-12,25-26H2,1-3H3/b19-15-. The fourth-order valence-electron chi connectivity index (χ4n) is 3.51. The summed E-state index contributed by atoms with van der Waals surface area (Å²) >= 11 is 0. The number of hydrogen-bond donors (Lipinski definition) is 4. The normalized spacial score (nSPS) is 14.6. The molecule has 7 heteroatoms. The van der Waals surface area contributed by atoms with E-state index in [0.29, 0.717) is 29.9 Å². The molecule has 0 aromatic heterocycles. The first-order valence-corrected chi connectivity index (χ1v) is 10.4. The summed E-state index contributed by atoms with van der Waals surface area (Å²) in [7, 11) is 3.97. The number of benzene rings is 2. The molecule has 3 rings (SSSR count). The number of rotatable bonds is 8. The second kappa shape index (κ2) is 9.76. The summed E-state index contributed by atoms with van der Waals surface area (Å²) in [6, 6.07) is 10.4. The van der Waals surface area contributed by atoms with Gasteiger partial charge in [-0.3, -0.25) is 0 Å². The van der Waals surface area contributed by atoms with Crippen molar-refractivity contribution >= 4 is 0 Å². The van der Waals surface area contributed by atoms with Crippen LogP contribution in [0.5, 0.6) is 17.2 Å². The fraction of sp³-hybridized carbons (Fsp3) is 0.333. The zero-order chi connectivity index (χ0) is 22.5. The number of fused-ring (bicyclic) bond motifs is 1. The number of phenolic OH excluding ortho intramolecular Hbond substituents is 2. The van der Waals surface area contributed by atoms with E-state index in [1.165, 1.54) is 22.7 Å². The molecule has 166 valence electrons. The van der Waals surface area contributed by atoms with E-state index in [-0.39, 0.29) is 11.5 Å². The molecule has 1 unspecified atom stereocenters. The molecule has 0 radical (unpaired) electrons. The number of nitrogens with zero attached hydrogens (tertiary/aromatic N) is 2. The Morgan fingerprint density at radius 3 is 2.61 bits per heavy atom. The lowest BCUT2D eigenvalue weighted by Gasteiger charge is -2.31. The number of ether oxygens (including phenoxy) is 1. The zero-order valence-corrected chi connectivity index (χ0v) is 18.4. The number of nitrogens with two attached hydrogens (primary N) is 2. The Hall–Kier alpha value is -3.16. The van der Waals surface area contributed by atoms with E-state index in [1.807, 2.05) is 25.1 Å². The molecular formula is C24H32N4O3. The van der Waals surface area contributed by atoms with Gasteiger partial charge >= 0.3 is 0 Å². The Morgan fingerprint density at radius 2 is 1.94 bits per heavy atom. The zero-order valence-electron chi connectivity index (χ0n) is 18.4. The lowest BCUT2D eigenvalue weighted by molar-refractivity contribution is 0.241. The minimum atomic E-state index is -0.525. The summed E-state index contributed by atoms with van der Waals surface area (Å²) in [6.45, 7) is 2.90. The quantitative estimate of drug-likeness (QED) is 0.293. The van der Waals surface area contributed by atoms with Crippen molar-refractivity contribution in [2.24, 2.45) is 11.6 Å². The maximum atomic E-state index is 10.1. The molecule has 0 aliphatic carbocycles. The molecule has 1 aliphatic heterocycles. The molecule has 0 bridgehead atoms. The Labute approximate surface area is 183 Å². The van der Waals surface area contributed by atoms with Gasteiger partial charge in [-0.1, -0.05) is 25.1 Å². The first kappa shape index (κ1) is 22.5. The van der Waals surface area contributed by atoms with E-state index < -0.39 is 6.04 Å². The average molecular weight is 425 g/mol. The number of hydrazine groups is 1. The molecule has 2 aromatic carbocycles. The predicted molar refractivity (Wildman–Crippen MR) is 122 cm³/mol. The Balaban J connectivity index is 1.95. The van der Waals surface area contributed by atoms with Gasteiger partial charge in [-0.2, -0.15) is 0 Å². The first-order valence-electron chi connectivity index (χ1n) is 10.4. The number of allylic oxidation sites excluding steroid dienone is 1. The molecule has 31 heavy (non-hydrogen) atoms. The lowest BCUT2D eigenvalue weighted by Crippen LogP contribution is -2.34. The van der Waals surface area contributed by atoms with Crippen LogP contribution in [0.1, 0.15) is 36.1 Å². The second-order valence-electron chi connectivity index (χ2n) is 8.06. The highest BCUT2D eigenvalue weighted by molar-refractivity contribution is 5.46. The topological polar surface area (TPSA) is 108 Å². The molecule has 2 aromatic rings. The SMILES string of the molecule is CCc1ccc2c(c1)OC(C(c1ccc(O)c(O)c1)N(N)/C=C(\N)CCN(C)C)=CC2. The average Bonchev–Trinajstić information content (AvgIpc) is 2.74. The van der Waals surface area contributed by atoms with Crippen LogP contribution in [0, 0.1) is 0 Å². The molecule has 0 amide bonds. The molecule has 1 heterocycles.